The fourth-order valence-corrected chi connectivity index (χ4v) is 5.34. The highest BCUT2D eigenvalue weighted by Gasteiger charge is 2.42. The summed E-state index contributed by atoms with van der Waals surface area (Å²) in [6, 6.07) is 7.13. The van der Waals surface area contributed by atoms with Crippen LogP contribution in [0.1, 0.15) is 54.5 Å². The maximum Gasteiger partial charge on any atom is 0.161 e. The van der Waals surface area contributed by atoms with Gasteiger partial charge in [0.15, 0.2) is 5.82 Å². The molecule has 6 rings (SSSR count). The van der Waals surface area contributed by atoms with Crippen LogP contribution >= 0.6 is 23.2 Å². The first kappa shape index (κ1) is 26.3. The van der Waals surface area contributed by atoms with Gasteiger partial charge in [-0.2, -0.15) is 5.10 Å². The van der Waals surface area contributed by atoms with Gasteiger partial charge in [-0.15, -0.1) is 5.10 Å². The molecule has 2 aromatic carbocycles. The third-order valence-electron chi connectivity index (χ3n) is 7.14. The minimum atomic E-state index is -1.15. The topological polar surface area (TPSA) is 111 Å². The summed E-state index contributed by atoms with van der Waals surface area (Å²) in [6.45, 7) is 1.31. The average molecular weight is 577 g/mol. The molecule has 0 radical (unpaired) electrons. The first-order valence-corrected chi connectivity index (χ1v) is 13.2. The third kappa shape index (κ3) is 4.93. The molecule has 3 heterocycles. The Balaban J connectivity index is 1.36. The molecule has 0 spiro atoms. The van der Waals surface area contributed by atoms with Crippen molar-refractivity contribution in [1.82, 2.24) is 29.8 Å². The van der Waals surface area contributed by atoms with Crippen LogP contribution in [0.25, 0.3) is 16.9 Å². The maximum atomic E-state index is 14.0. The standard InChI is InChI=1S/C26H24Cl2F2N6O3/c1-12-31-26(36(33-12)20-8-15(27)4-5-16(20)13-2-3-13)22-9-21(25(38)23(11-37)39-22)35-10-19(32-34-35)14-6-17(29)24(28)18(30)7-14/h4-8,10,13,21-23,25,37-38H,2-3,9,11H2,1H3. The number of aliphatic hydroxyl groups is 2. The molecule has 2 fully saturated rings. The Labute approximate surface area is 232 Å². The molecule has 4 unspecified atom stereocenters. The predicted molar refractivity (Wildman–Crippen MR) is 138 cm³/mol. The number of ether oxygens (including phenoxy) is 1. The molecule has 4 aromatic rings. The van der Waals surface area contributed by atoms with E-state index in [0.29, 0.717) is 22.6 Å². The van der Waals surface area contributed by atoms with E-state index in [2.05, 4.69) is 20.4 Å². The molecular weight excluding hydrogens is 553 g/mol. The Bertz CT molecular complexity index is 1520. The van der Waals surface area contributed by atoms with Crippen molar-refractivity contribution in [2.75, 3.05) is 6.61 Å². The third-order valence-corrected chi connectivity index (χ3v) is 7.74. The molecule has 1 aliphatic heterocycles. The van der Waals surface area contributed by atoms with Crippen molar-refractivity contribution in [3.05, 3.63) is 75.4 Å². The zero-order chi connectivity index (χ0) is 27.4. The highest BCUT2D eigenvalue weighted by atomic mass is 35.5. The zero-order valence-corrected chi connectivity index (χ0v) is 22.2. The largest absolute Gasteiger partial charge is 0.394 e. The lowest BCUT2D eigenvalue weighted by Crippen LogP contribution is -2.45. The number of hydrogen-bond donors (Lipinski definition) is 2. The van der Waals surface area contributed by atoms with Crippen LogP contribution < -0.4 is 0 Å². The summed E-state index contributed by atoms with van der Waals surface area (Å²) >= 11 is 12.0. The number of aryl methyl sites for hydroxylation is 1. The van der Waals surface area contributed by atoms with Crippen molar-refractivity contribution in [3.8, 4) is 16.9 Å². The van der Waals surface area contributed by atoms with Crippen LogP contribution in [-0.4, -0.2) is 58.8 Å². The van der Waals surface area contributed by atoms with Crippen LogP contribution in [0.15, 0.2) is 36.5 Å². The molecule has 0 bridgehead atoms. The lowest BCUT2D eigenvalue weighted by Gasteiger charge is -2.38. The number of aliphatic hydroxyl groups excluding tert-OH is 2. The summed E-state index contributed by atoms with van der Waals surface area (Å²) in [5.41, 5.74) is 2.25. The lowest BCUT2D eigenvalue weighted by molar-refractivity contribution is -0.161. The number of halogens is 4. The van der Waals surface area contributed by atoms with Gasteiger partial charge in [0.1, 0.15) is 46.5 Å². The van der Waals surface area contributed by atoms with E-state index < -0.39 is 47.6 Å². The molecule has 13 heteroatoms. The number of nitrogens with zero attached hydrogens (tertiary/aromatic N) is 6. The Morgan fingerprint density at radius 3 is 2.56 bits per heavy atom. The van der Waals surface area contributed by atoms with E-state index in [1.54, 1.807) is 11.6 Å². The van der Waals surface area contributed by atoms with Crippen LogP contribution in [0, 0.1) is 18.6 Å². The summed E-state index contributed by atoms with van der Waals surface area (Å²) in [7, 11) is 0. The van der Waals surface area contributed by atoms with Crippen LogP contribution in [0.2, 0.25) is 10.0 Å². The monoisotopic (exact) mass is 576 g/mol. The van der Waals surface area contributed by atoms with E-state index in [0.717, 1.165) is 36.2 Å². The quantitative estimate of drug-likeness (QED) is 0.319. The molecule has 204 valence electrons. The minimum Gasteiger partial charge on any atom is -0.394 e. The molecule has 2 aromatic heterocycles. The van der Waals surface area contributed by atoms with Crippen molar-refractivity contribution < 1.29 is 23.7 Å². The van der Waals surface area contributed by atoms with Crippen molar-refractivity contribution in [2.24, 2.45) is 0 Å². The lowest BCUT2D eigenvalue weighted by atomic mass is 9.95. The van der Waals surface area contributed by atoms with Crippen LogP contribution in [0.3, 0.4) is 0 Å². The van der Waals surface area contributed by atoms with Gasteiger partial charge in [-0.05, 0) is 55.5 Å². The van der Waals surface area contributed by atoms with E-state index in [-0.39, 0.29) is 17.7 Å². The van der Waals surface area contributed by atoms with Gasteiger partial charge in [0.2, 0.25) is 0 Å². The molecule has 2 aliphatic rings. The second-order valence-electron chi connectivity index (χ2n) is 9.88. The van der Waals surface area contributed by atoms with E-state index in [1.807, 2.05) is 18.2 Å². The minimum absolute atomic E-state index is 0.140. The smallest absolute Gasteiger partial charge is 0.161 e. The van der Waals surface area contributed by atoms with Gasteiger partial charge in [-0.1, -0.05) is 34.5 Å². The summed E-state index contributed by atoms with van der Waals surface area (Å²) in [5.74, 6) is -0.414. The number of hydrogen-bond acceptors (Lipinski definition) is 7. The van der Waals surface area contributed by atoms with E-state index in [1.165, 1.54) is 10.9 Å². The second-order valence-corrected chi connectivity index (χ2v) is 10.7. The summed E-state index contributed by atoms with van der Waals surface area (Å²) in [6.07, 6.45) is 1.06. The van der Waals surface area contributed by atoms with Crippen molar-refractivity contribution in [3.63, 3.8) is 0 Å². The fourth-order valence-electron chi connectivity index (χ4n) is 5.07. The Kier molecular flexibility index (Phi) is 6.88. The van der Waals surface area contributed by atoms with Gasteiger partial charge in [0.05, 0.1) is 24.5 Å². The molecular formula is C26H24Cl2F2N6O3. The number of aromatic nitrogens is 6. The molecule has 0 amide bonds. The van der Waals surface area contributed by atoms with Gasteiger partial charge >= 0.3 is 0 Å². The Morgan fingerprint density at radius 2 is 1.87 bits per heavy atom. The van der Waals surface area contributed by atoms with Gasteiger partial charge in [-0.25, -0.2) is 23.1 Å². The highest BCUT2D eigenvalue weighted by Crippen LogP contribution is 2.44. The second kappa shape index (κ2) is 10.2. The maximum absolute atomic E-state index is 14.0. The molecule has 1 aliphatic carbocycles. The van der Waals surface area contributed by atoms with Crippen molar-refractivity contribution in [1.29, 1.82) is 0 Å². The van der Waals surface area contributed by atoms with Gasteiger partial charge in [0, 0.05) is 17.0 Å². The van der Waals surface area contributed by atoms with E-state index >= 15 is 0 Å². The normalized spacial score (nSPS) is 23.4. The van der Waals surface area contributed by atoms with Gasteiger partial charge in [-0.3, -0.25) is 0 Å². The molecule has 39 heavy (non-hydrogen) atoms. The van der Waals surface area contributed by atoms with E-state index in [9.17, 15) is 19.0 Å². The first-order valence-electron chi connectivity index (χ1n) is 12.5. The van der Waals surface area contributed by atoms with E-state index in [4.69, 9.17) is 27.9 Å². The zero-order valence-electron chi connectivity index (χ0n) is 20.7. The fraction of sp³-hybridized carbons (Fsp3) is 0.385. The summed E-state index contributed by atoms with van der Waals surface area (Å²) in [5, 5.41) is 33.8. The predicted octanol–water partition coefficient (Wildman–Crippen LogP) is 4.72. The van der Waals surface area contributed by atoms with Crippen molar-refractivity contribution in [2.45, 2.75) is 56.5 Å². The summed E-state index contributed by atoms with van der Waals surface area (Å²) < 4.78 is 37.3. The van der Waals surface area contributed by atoms with Crippen LogP contribution in [0.5, 0.6) is 0 Å². The average Bonchev–Trinajstić information content (AvgIpc) is 3.50. The summed E-state index contributed by atoms with van der Waals surface area (Å²) in [4.78, 5) is 4.64. The number of benzene rings is 2. The SMILES string of the molecule is Cc1nc(C2CC(n3cc(-c4cc(F)c(Cl)c(F)c4)nn3)C(O)C(CO)O2)n(-c2cc(Cl)ccc2C2CC2)n1. The van der Waals surface area contributed by atoms with Crippen molar-refractivity contribution >= 4 is 23.2 Å². The first-order chi connectivity index (χ1) is 18.7. The van der Waals surface area contributed by atoms with Gasteiger partial charge < -0.3 is 14.9 Å². The van der Waals surface area contributed by atoms with Crippen LogP contribution in [0.4, 0.5) is 8.78 Å². The Morgan fingerprint density at radius 1 is 1.13 bits per heavy atom. The van der Waals surface area contributed by atoms with Gasteiger partial charge in [0.25, 0.3) is 0 Å². The molecule has 2 N–H and O–H groups in total. The van der Waals surface area contributed by atoms with Crippen LogP contribution in [-0.2, 0) is 4.74 Å². The Hall–Kier alpha value is -2.96. The molecule has 9 nitrogen and oxygen atoms in total. The molecule has 1 saturated heterocycles. The number of rotatable bonds is 6. The molecule has 1 saturated carbocycles. The molecule has 4 atom stereocenters. The highest BCUT2D eigenvalue weighted by molar-refractivity contribution is 6.31.